The van der Waals surface area contributed by atoms with Crippen molar-refractivity contribution < 1.29 is 17.9 Å². The third kappa shape index (κ3) is 2.75. The van der Waals surface area contributed by atoms with E-state index in [0.29, 0.717) is 0 Å². The summed E-state index contributed by atoms with van der Waals surface area (Å²) in [5.74, 6) is 0.0371. The van der Waals surface area contributed by atoms with Gasteiger partial charge in [-0.15, -0.1) is 11.6 Å². The molecule has 0 bridgehead atoms. The van der Waals surface area contributed by atoms with Gasteiger partial charge in [-0.25, -0.2) is 9.97 Å². The molecule has 7 heteroatoms. The fourth-order valence-electron chi connectivity index (χ4n) is 1.81. The van der Waals surface area contributed by atoms with E-state index in [0.717, 1.165) is 19.0 Å². The Hall–Kier alpha value is -0.880. The van der Waals surface area contributed by atoms with Crippen LogP contribution in [0, 0.1) is 5.92 Å². The molecule has 1 aliphatic rings. The van der Waals surface area contributed by atoms with E-state index in [1.165, 1.54) is 7.11 Å². The number of halogens is 4. The highest BCUT2D eigenvalue weighted by Crippen LogP contribution is 2.42. The van der Waals surface area contributed by atoms with Crippen molar-refractivity contribution in [2.24, 2.45) is 5.92 Å². The lowest BCUT2D eigenvalue weighted by atomic mass is 10.2. The molecule has 1 saturated carbocycles. The van der Waals surface area contributed by atoms with E-state index in [1.54, 1.807) is 0 Å². The lowest BCUT2D eigenvalue weighted by Gasteiger charge is -2.16. The minimum absolute atomic E-state index is 0.0844. The molecule has 1 atom stereocenters. The van der Waals surface area contributed by atoms with Crippen molar-refractivity contribution in [3.8, 4) is 0 Å². The standard InChI is InChI=1S/C11H12ClF3N2O/c1-18-8(6-2-3-6)10-16-5-7(4-12)9(17-10)11(13,14)15/h5-6,8H,2-4H2,1H3. The van der Waals surface area contributed by atoms with Gasteiger partial charge in [0.25, 0.3) is 0 Å². The summed E-state index contributed by atoms with van der Waals surface area (Å²) in [5, 5.41) is 0. The molecule has 100 valence electrons. The van der Waals surface area contributed by atoms with Gasteiger partial charge in [0.2, 0.25) is 0 Å². The van der Waals surface area contributed by atoms with Gasteiger partial charge in [-0.1, -0.05) is 0 Å². The van der Waals surface area contributed by atoms with Crippen molar-refractivity contribution in [1.82, 2.24) is 9.97 Å². The lowest BCUT2D eigenvalue weighted by molar-refractivity contribution is -0.142. The van der Waals surface area contributed by atoms with Gasteiger partial charge in [-0.05, 0) is 18.8 Å². The summed E-state index contributed by atoms with van der Waals surface area (Å²) in [7, 11) is 1.45. The molecule has 1 heterocycles. The van der Waals surface area contributed by atoms with Crippen LogP contribution in [0.3, 0.4) is 0 Å². The first kappa shape index (κ1) is 13.5. The van der Waals surface area contributed by atoms with Crippen molar-refractivity contribution in [2.75, 3.05) is 7.11 Å². The van der Waals surface area contributed by atoms with E-state index in [2.05, 4.69) is 9.97 Å². The molecule has 0 radical (unpaired) electrons. The number of ether oxygens (including phenoxy) is 1. The van der Waals surface area contributed by atoms with Gasteiger partial charge in [-0.2, -0.15) is 13.2 Å². The van der Waals surface area contributed by atoms with Crippen LogP contribution in [-0.2, 0) is 16.8 Å². The zero-order valence-electron chi connectivity index (χ0n) is 9.67. The molecule has 1 aromatic heterocycles. The number of hydrogen-bond donors (Lipinski definition) is 0. The van der Waals surface area contributed by atoms with Crippen molar-refractivity contribution in [1.29, 1.82) is 0 Å². The van der Waals surface area contributed by atoms with Crippen LogP contribution in [0.5, 0.6) is 0 Å². The van der Waals surface area contributed by atoms with Crippen LogP contribution in [0.25, 0.3) is 0 Å². The fourth-order valence-corrected chi connectivity index (χ4v) is 2.00. The third-order valence-corrected chi connectivity index (χ3v) is 3.14. The Bertz CT molecular complexity index is 435. The fraction of sp³-hybridized carbons (Fsp3) is 0.636. The van der Waals surface area contributed by atoms with Crippen LogP contribution >= 0.6 is 11.6 Å². The molecule has 18 heavy (non-hydrogen) atoms. The summed E-state index contributed by atoms with van der Waals surface area (Å²) in [6.07, 6.45) is -1.99. The molecular weight excluding hydrogens is 269 g/mol. The third-order valence-electron chi connectivity index (χ3n) is 2.85. The summed E-state index contributed by atoms with van der Waals surface area (Å²) < 4.78 is 43.6. The monoisotopic (exact) mass is 280 g/mol. The molecule has 2 rings (SSSR count). The maximum atomic E-state index is 12.8. The van der Waals surface area contributed by atoms with E-state index < -0.39 is 18.0 Å². The van der Waals surface area contributed by atoms with Gasteiger partial charge in [0.05, 0.1) is 5.88 Å². The first-order chi connectivity index (χ1) is 8.47. The molecule has 0 spiro atoms. The summed E-state index contributed by atoms with van der Waals surface area (Å²) in [6, 6.07) is 0. The normalized spacial score (nSPS) is 17.8. The molecule has 1 aromatic rings. The molecule has 1 unspecified atom stereocenters. The molecule has 0 aromatic carbocycles. The molecular formula is C11H12ClF3N2O. The van der Waals surface area contributed by atoms with E-state index in [9.17, 15) is 13.2 Å². The summed E-state index contributed by atoms with van der Waals surface area (Å²) in [6.45, 7) is 0. The Balaban J connectivity index is 2.38. The molecule has 0 aliphatic heterocycles. The second-order valence-electron chi connectivity index (χ2n) is 4.23. The number of methoxy groups -OCH3 is 1. The summed E-state index contributed by atoms with van der Waals surface area (Å²) >= 11 is 5.47. The van der Waals surface area contributed by atoms with Gasteiger partial charge in [0, 0.05) is 18.9 Å². The Morgan fingerprint density at radius 1 is 1.50 bits per heavy atom. The molecule has 3 nitrogen and oxygen atoms in total. The largest absolute Gasteiger partial charge is 0.433 e. The predicted octanol–water partition coefficient (Wildman–Crippen LogP) is 3.33. The zero-order chi connectivity index (χ0) is 13.3. The number of aromatic nitrogens is 2. The maximum absolute atomic E-state index is 12.8. The maximum Gasteiger partial charge on any atom is 0.433 e. The van der Waals surface area contributed by atoms with Crippen LogP contribution in [0.2, 0.25) is 0 Å². The van der Waals surface area contributed by atoms with Crippen LogP contribution in [0.4, 0.5) is 13.2 Å². The Morgan fingerprint density at radius 3 is 2.61 bits per heavy atom. The Kier molecular flexibility index (Phi) is 3.77. The Morgan fingerprint density at radius 2 is 2.17 bits per heavy atom. The molecule has 0 N–H and O–H groups in total. The van der Waals surface area contributed by atoms with Crippen LogP contribution in [0.1, 0.15) is 36.0 Å². The number of rotatable bonds is 4. The van der Waals surface area contributed by atoms with E-state index >= 15 is 0 Å². The van der Waals surface area contributed by atoms with Crippen LogP contribution in [0.15, 0.2) is 6.20 Å². The average molecular weight is 281 g/mol. The van der Waals surface area contributed by atoms with Gasteiger partial charge >= 0.3 is 6.18 Å². The van der Waals surface area contributed by atoms with Gasteiger partial charge < -0.3 is 4.74 Å². The first-order valence-corrected chi connectivity index (χ1v) is 6.02. The van der Waals surface area contributed by atoms with Crippen molar-refractivity contribution >= 4 is 11.6 Å². The second kappa shape index (κ2) is 5.01. The zero-order valence-corrected chi connectivity index (χ0v) is 10.4. The van der Waals surface area contributed by atoms with Gasteiger partial charge in [0.15, 0.2) is 11.5 Å². The van der Waals surface area contributed by atoms with Crippen LogP contribution < -0.4 is 0 Å². The lowest BCUT2D eigenvalue weighted by Crippen LogP contribution is -2.17. The second-order valence-corrected chi connectivity index (χ2v) is 4.49. The first-order valence-electron chi connectivity index (χ1n) is 5.49. The molecule has 0 amide bonds. The highest BCUT2D eigenvalue weighted by atomic mass is 35.5. The SMILES string of the molecule is COC(c1ncc(CCl)c(C(F)(F)F)n1)C1CC1. The average Bonchev–Trinajstić information content (AvgIpc) is 3.13. The van der Waals surface area contributed by atoms with Crippen LogP contribution in [-0.4, -0.2) is 17.1 Å². The van der Waals surface area contributed by atoms with Crippen molar-refractivity contribution in [3.05, 3.63) is 23.3 Å². The summed E-state index contributed by atoms with van der Waals surface area (Å²) in [5.41, 5.74) is -1.08. The smallest absolute Gasteiger partial charge is 0.373 e. The Labute approximate surface area is 107 Å². The summed E-state index contributed by atoms with van der Waals surface area (Å²) in [4.78, 5) is 7.54. The predicted molar refractivity (Wildman–Crippen MR) is 59.1 cm³/mol. The number of alkyl halides is 4. The van der Waals surface area contributed by atoms with E-state index in [-0.39, 0.29) is 23.2 Å². The minimum atomic E-state index is -4.52. The number of nitrogens with zero attached hydrogens (tertiary/aromatic N) is 2. The topological polar surface area (TPSA) is 35.0 Å². The van der Waals surface area contributed by atoms with Crippen molar-refractivity contribution in [3.63, 3.8) is 0 Å². The van der Waals surface area contributed by atoms with E-state index in [4.69, 9.17) is 16.3 Å². The van der Waals surface area contributed by atoms with Crippen molar-refractivity contribution in [2.45, 2.75) is 31.0 Å². The molecule has 0 saturated heterocycles. The molecule has 1 fully saturated rings. The minimum Gasteiger partial charge on any atom is -0.373 e. The highest BCUT2D eigenvalue weighted by molar-refractivity contribution is 6.17. The van der Waals surface area contributed by atoms with Gasteiger partial charge in [0.1, 0.15) is 6.10 Å². The van der Waals surface area contributed by atoms with E-state index in [1.807, 2.05) is 0 Å². The quantitative estimate of drug-likeness (QED) is 0.794. The number of hydrogen-bond acceptors (Lipinski definition) is 3. The highest BCUT2D eigenvalue weighted by Gasteiger charge is 2.39. The van der Waals surface area contributed by atoms with Gasteiger partial charge in [-0.3, -0.25) is 0 Å². The molecule has 1 aliphatic carbocycles.